The van der Waals surface area contributed by atoms with E-state index in [1.54, 1.807) is 36.4 Å². The Hall–Kier alpha value is -6.90. The fourth-order valence-corrected chi connectivity index (χ4v) is 7.16. The van der Waals surface area contributed by atoms with Crippen molar-refractivity contribution in [2.75, 3.05) is 0 Å². The van der Waals surface area contributed by atoms with Gasteiger partial charge in [0.1, 0.15) is 0 Å². The van der Waals surface area contributed by atoms with Crippen LogP contribution in [0.15, 0.2) is 122 Å². The first-order valence-electron chi connectivity index (χ1n) is 16.9. The van der Waals surface area contributed by atoms with Gasteiger partial charge in [-0.3, -0.25) is 30.3 Å². The van der Waals surface area contributed by atoms with E-state index >= 15 is 0 Å². The molecule has 0 N–H and O–H groups in total. The molecular weight excluding hydrogens is 690 g/mol. The van der Waals surface area contributed by atoms with E-state index in [1.807, 2.05) is 59.7 Å². The molecule has 0 radical (unpaired) electrons. The number of rotatable bonds is 9. The van der Waals surface area contributed by atoms with Gasteiger partial charge in [-0.25, -0.2) is 0 Å². The van der Waals surface area contributed by atoms with E-state index in [0.717, 1.165) is 16.7 Å². The standard InChI is InChI=1S/C39H33N9O6/c1-37(2)31(22-7-13-28(14-8-22)46(49)50)40-43-34(37)25-19-26(35-38(3,4)32(41-44-35)23-9-15-29(16-10-23)47(51)52)21-27(20-25)36-39(5,6)33(42-45-36)24-11-17-30(18-12-24)48(53)54/h7-21H,1-6H3. The summed E-state index contributed by atoms with van der Waals surface area (Å²) in [6.07, 6.45) is 0. The zero-order chi connectivity index (χ0) is 38.7. The summed E-state index contributed by atoms with van der Waals surface area (Å²) in [5, 5.41) is 61.7. The molecule has 3 aliphatic heterocycles. The van der Waals surface area contributed by atoms with E-state index in [4.69, 9.17) is 0 Å². The van der Waals surface area contributed by atoms with Crippen molar-refractivity contribution in [1.29, 1.82) is 0 Å². The van der Waals surface area contributed by atoms with E-state index < -0.39 is 31.0 Å². The maximum atomic E-state index is 11.3. The van der Waals surface area contributed by atoms with Gasteiger partial charge in [0, 0.05) is 53.1 Å². The monoisotopic (exact) mass is 723 g/mol. The van der Waals surface area contributed by atoms with Crippen LogP contribution in [-0.4, -0.2) is 49.0 Å². The Morgan fingerprint density at radius 2 is 0.537 bits per heavy atom. The lowest BCUT2D eigenvalue weighted by atomic mass is 9.73. The summed E-state index contributed by atoms with van der Waals surface area (Å²) >= 11 is 0. The van der Waals surface area contributed by atoms with Crippen LogP contribution >= 0.6 is 0 Å². The average molecular weight is 724 g/mol. The van der Waals surface area contributed by atoms with Crippen LogP contribution < -0.4 is 0 Å². The quantitative estimate of drug-likeness (QED) is 0.123. The van der Waals surface area contributed by atoms with E-state index in [9.17, 15) is 30.3 Å². The highest BCUT2D eigenvalue weighted by Crippen LogP contribution is 2.40. The Balaban J connectivity index is 1.29. The average Bonchev–Trinajstić information content (AvgIpc) is 3.75. The minimum Gasteiger partial charge on any atom is -0.258 e. The fraction of sp³-hybridized carbons (Fsp3) is 0.231. The van der Waals surface area contributed by atoms with Gasteiger partial charge in [-0.05, 0) is 113 Å². The van der Waals surface area contributed by atoms with E-state index in [-0.39, 0.29) is 17.1 Å². The van der Waals surface area contributed by atoms with Gasteiger partial charge in [0.2, 0.25) is 0 Å². The van der Waals surface area contributed by atoms with Crippen molar-refractivity contribution in [1.82, 2.24) is 0 Å². The van der Waals surface area contributed by atoms with Crippen LogP contribution in [0.2, 0.25) is 0 Å². The number of nitro groups is 3. The van der Waals surface area contributed by atoms with E-state index in [0.29, 0.717) is 51.0 Å². The van der Waals surface area contributed by atoms with Crippen molar-refractivity contribution in [3.8, 4) is 0 Å². The molecule has 7 rings (SSSR count). The summed E-state index contributed by atoms with van der Waals surface area (Å²) in [5.74, 6) is 0. The second-order valence-electron chi connectivity index (χ2n) is 14.8. The molecule has 270 valence electrons. The second kappa shape index (κ2) is 12.6. The van der Waals surface area contributed by atoms with Crippen LogP contribution in [0.1, 0.15) is 74.9 Å². The zero-order valence-corrected chi connectivity index (χ0v) is 30.1. The smallest absolute Gasteiger partial charge is 0.258 e. The van der Waals surface area contributed by atoms with Crippen LogP contribution in [0.25, 0.3) is 0 Å². The van der Waals surface area contributed by atoms with Crippen LogP contribution in [0.3, 0.4) is 0 Å². The van der Waals surface area contributed by atoms with Crippen molar-refractivity contribution in [2.45, 2.75) is 41.5 Å². The summed E-state index contributed by atoms with van der Waals surface area (Å²) in [6.45, 7) is 11.9. The number of hydrogen-bond donors (Lipinski definition) is 0. The minimum atomic E-state index is -0.729. The Morgan fingerprint density at radius 3 is 0.722 bits per heavy atom. The highest BCUT2D eigenvalue weighted by Gasteiger charge is 2.43. The maximum Gasteiger partial charge on any atom is 0.269 e. The fourth-order valence-electron chi connectivity index (χ4n) is 7.16. The molecule has 0 amide bonds. The molecule has 0 aliphatic carbocycles. The zero-order valence-electron chi connectivity index (χ0n) is 30.1. The molecule has 0 spiro atoms. The summed E-state index contributed by atoms with van der Waals surface area (Å²) in [7, 11) is 0. The Kier molecular flexibility index (Phi) is 8.32. The molecule has 4 aromatic carbocycles. The molecule has 0 saturated carbocycles. The van der Waals surface area contributed by atoms with Crippen molar-refractivity contribution >= 4 is 51.3 Å². The summed E-state index contributed by atoms with van der Waals surface area (Å²) in [4.78, 5) is 32.6. The molecule has 0 aromatic heterocycles. The number of nitro benzene ring substituents is 3. The molecular formula is C39H33N9O6. The van der Waals surface area contributed by atoms with Gasteiger partial charge in [-0.2, -0.15) is 30.6 Å². The molecule has 0 atom stereocenters. The van der Waals surface area contributed by atoms with Crippen LogP contribution in [0.4, 0.5) is 17.1 Å². The third-order valence-electron chi connectivity index (χ3n) is 10.1. The number of hydrogen-bond acceptors (Lipinski definition) is 12. The topological polar surface area (TPSA) is 204 Å². The molecule has 15 nitrogen and oxygen atoms in total. The third-order valence-corrected chi connectivity index (χ3v) is 10.1. The van der Waals surface area contributed by atoms with Crippen molar-refractivity contribution in [3.05, 3.63) is 155 Å². The Morgan fingerprint density at radius 1 is 0.352 bits per heavy atom. The number of benzene rings is 4. The molecule has 0 saturated heterocycles. The molecule has 0 bridgehead atoms. The van der Waals surface area contributed by atoms with Gasteiger partial charge in [-0.1, -0.05) is 0 Å². The first-order chi connectivity index (χ1) is 25.5. The summed E-state index contributed by atoms with van der Waals surface area (Å²) in [5.41, 5.74) is 5.91. The molecule has 54 heavy (non-hydrogen) atoms. The van der Waals surface area contributed by atoms with Crippen LogP contribution in [-0.2, 0) is 0 Å². The van der Waals surface area contributed by atoms with Gasteiger partial charge >= 0.3 is 0 Å². The lowest BCUT2D eigenvalue weighted by Gasteiger charge is -2.27. The first-order valence-corrected chi connectivity index (χ1v) is 16.9. The molecule has 0 fully saturated rings. The lowest BCUT2D eigenvalue weighted by Crippen LogP contribution is -2.34. The summed E-state index contributed by atoms with van der Waals surface area (Å²) in [6, 6.07) is 24.6. The Labute approximate surface area is 308 Å². The van der Waals surface area contributed by atoms with Gasteiger partial charge in [-0.15, -0.1) is 0 Å². The second-order valence-corrected chi connectivity index (χ2v) is 14.8. The largest absolute Gasteiger partial charge is 0.269 e. The molecule has 4 aromatic rings. The summed E-state index contributed by atoms with van der Waals surface area (Å²) < 4.78 is 0. The highest BCUT2D eigenvalue weighted by molar-refractivity contribution is 6.30. The number of nitrogens with zero attached hydrogens (tertiary/aromatic N) is 9. The SMILES string of the molecule is CC1(C)C(c2ccc([N+](=O)[O-])cc2)=NN=C1c1cc(C2=NN=C(c3ccc([N+](=O)[O-])cc3)C2(C)C)cc(C2=NN=C(c3ccc([N+](=O)[O-])cc3)C2(C)C)c1. The van der Waals surface area contributed by atoms with Crippen molar-refractivity contribution in [3.63, 3.8) is 0 Å². The van der Waals surface area contributed by atoms with Gasteiger partial charge in [0.15, 0.2) is 0 Å². The molecule has 3 aliphatic rings. The minimum absolute atomic E-state index is 0.0285. The Bertz CT molecular complexity index is 2190. The number of non-ortho nitro benzene ring substituents is 3. The third kappa shape index (κ3) is 5.88. The maximum absolute atomic E-state index is 11.3. The first kappa shape index (κ1) is 35.5. The van der Waals surface area contributed by atoms with Gasteiger partial charge in [0.25, 0.3) is 17.1 Å². The molecule has 3 heterocycles. The van der Waals surface area contributed by atoms with Gasteiger partial charge < -0.3 is 0 Å². The van der Waals surface area contributed by atoms with E-state index in [1.165, 1.54) is 36.4 Å². The highest BCUT2D eigenvalue weighted by atomic mass is 16.6. The van der Waals surface area contributed by atoms with Crippen LogP contribution in [0, 0.1) is 46.6 Å². The lowest BCUT2D eigenvalue weighted by molar-refractivity contribution is -0.385. The van der Waals surface area contributed by atoms with Crippen LogP contribution in [0.5, 0.6) is 0 Å². The molecule has 15 heteroatoms. The van der Waals surface area contributed by atoms with Crippen molar-refractivity contribution in [2.24, 2.45) is 46.9 Å². The van der Waals surface area contributed by atoms with Crippen molar-refractivity contribution < 1.29 is 14.8 Å². The predicted molar refractivity (Wildman–Crippen MR) is 206 cm³/mol. The normalized spacial score (nSPS) is 17.9. The van der Waals surface area contributed by atoms with E-state index in [2.05, 4.69) is 30.6 Å². The van der Waals surface area contributed by atoms with Gasteiger partial charge in [0.05, 0.1) is 65.3 Å². The molecule has 0 unspecified atom stereocenters. The predicted octanol–water partition coefficient (Wildman–Crippen LogP) is 8.11.